The number of benzene rings is 1. The number of aromatic nitrogens is 1. The molecule has 156 valence electrons. The van der Waals surface area contributed by atoms with Crippen molar-refractivity contribution in [2.75, 3.05) is 19.6 Å². The molecule has 2 aromatic rings. The predicted molar refractivity (Wildman–Crippen MR) is 112 cm³/mol. The summed E-state index contributed by atoms with van der Waals surface area (Å²) in [5, 5.41) is 3.02. The Morgan fingerprint density at radius 3 is 2.72 bits per heavy atom. The summed E-state index contributed by atoms with van der Waals surface area (Å²) < 4.78 is 18.7. The Bertz CT molecular complexity index is 810. The number of carbonyl (C=O) groups is 1. The summed E-state index contributed by atoms with van der Waals surface area (Å²) in [7, 11) is 0. The van der Waals surface area contributed by atoms with Crippen molar-refractivity contribution in [2.45, 2.75) is 39.7 Å². The zero-order chi connectivity index (χ0) is 20.8. The van der Waals surface area contributed by atoms with Crippen LogP contribution < -0.4 is 10.1 Å². The second-order valence-corrected chi connectivity index (χ2v) is 8.13. The number of pyridine rings is 1. The van der Waals surface area contributed by atoms with E-state index in [2.05, 4.69) is 36.0 Å². The molecule has 1 aliphatic heterocycles. The average molecular weight is 400 g/mol. The lowest BCUT2D eigenvalue weighted by atomic mass is 9.94. The number of halogens is 1. The summed E-state index contributed by atoms with van der Waals surface area (Å²) in [6, 6.07) is 9.58. The lowest BCUT2D eigenvalue weighted by molar-refractivity contribution is 0.0882. The zero-order valence-electron chi connectivity index (χ0n) is 17.4. The van der Waals surface area contributed by atoms with Gasteiger partial charge in [0.15, 0.2) is 0 Å². The third-order valence-corrected chi connectivity index (χ3v) is 5.66. The smallest absolute Gasteiger partial charge is 0.270 e. The summed E-state index contributed by atoms with van der Waals surface area (Å²) in [6.07, 6.45) is 3.83. The van der Waals surface area contributed by atoms with Gasteiger partial charge in [-0.1, -0.05) is 13.8 Å². The van der Waals surface area contributed by atoms with Crippen LogP contribution >= 0.6 is 0 Å². The molecule has 2 heterocycles. The van der Waals surface area contributed by atoms with Crippen molar-refractivity contribution in [1.29, 1.82) is 0 Å². The molecule has 1 N–H and O–H groups in total. The Balaban J connectivity index is 1.54. The van der Waals surface area contributed by atoms with Gasteiger partial charge in [-0.05, 0) is 68.5 Å². The maximum atomic E-state index is 13.0. The summed E-state index contributed by atoms with van der Waals surface area (Å²) in [4.78, 5) is 19.3. The summed E-state index contributed by atoms with van der Waals surface area (Å²) in [5.41, 5.74) is 0.313. The number of nitrogens with zero attached hydrogens (tertiary/aromatic N) is 2. The molecule has 6 heteroatoms. The molecule has 0 bridgehead atoms. The van der Waals surface area contributed by atoms with E-state index < -0.39 is 0 Å². The fourth-order valence-corrected chi connectivity index (χ4v) is 3.62. The van der Waals surface area contributed by atoms with Crippen LogP contribution in [0, 0.1) is 17.7 Å². The van der Waals surface area contributed by atoms with E-state index in [-0.39, 0.29) is 11.7 Å². The number of rotatable bonds is 7. The molecule has 0 unspecified atom stereocenters. The van der Waals surface area contributed by atoms with Crippen LogP contribution in [0.25, 0.3) is 0 Å². The van der Waals surface area contributed by atoms with E-state index in [0.29, 0.717) is 41.6 Å². The Labute approximate surface area is 172 Å². The van der Waals surface area contributed by atoms with Crippen molar-refractivity contribution in [3.63, 3.8) is 0 Å². The van der Waals surface area contributed by atoms with Crippen LogP contribution in [0.1, 0.15) is 44.1 Å². The molecule has 1 aliphatic rings. The number of likely N-dealkylation sites (tertiary alicyclic amines) is 1. The molecule has 3 rings (SSSR count). The highest BCUT2D eigenvalue weighted by atomic mass is 19.1. The molecular weight excluding hydrogens is 369 g/mol. The fourth-order valence-electron chi connectivity index (χ4n) is 3.62. The molecule has 0 saturated carbocycles. The molecule has 0 radical (unpaired) electrons. The summed E-state index contributed by atoms with van der Waals surface area (Å²) >= 11 is 0. The van der Waals surface area contributed by atoms with Crippen LogP contribution in [0.15, 0.2) is 42.6 Å². The number of piperidine rings is 1. The van der Waals surface area contributed by atoms with Gasteiger partial charge in [-0.15, -0.1) is 0 Å². The van der Waals surface area contributed by atoms with Crippen LogP contribution in [-0.4, -0.2) is 41.5 Å². The highest BCUT2D eigenvalue weighted by Crippen LogP contribution is 2.23. The minimum absolute atomic E-state index is 0.205. The zero-order valence-corrected chi connectivity index (χ0v) is 17.4. The Hall–Kier alpha value is -2.47. The van der Waals surface area contributed by atoms with Crippen molar-refractivity contribution in [2.24, 2.45) is 11.8 Å². The van der Waals surface area contributed by atoms with Crippen molar-refractivity contribution in [3.8, 4) is 11.5 Å². The van der Waals surface area contributed by atoms with E-state index in [1.54, 1.807) is 30.5 Å². The number of carbonyl (C=O) groups excluding carboxylic acids is 1. The highest BCUT2D eigenvalue weighted by molar-refractivity contribution is 5.92. The summed E-state index contributed by atoms with van der Waals surface area (Å²) in [5.74, 6) is 1.54. The minimum atomic E-state index is -0.323. The molecule has 1 fully saturated rings. The first kappa shape index (κ1) is 21.2. The SMILES string of the molecule is CC(C)[C@H](C)N1CCC[C@H](CNC(=O)c2cc(Oc3ccc(F)cc3)ccn2)C1. The van der Waals surface area contributed by atoms with Gasteiger partial charge in [0.2, 0.25) is 0 Å². The molecule has 29 heavy (non-hydrogen) atoms. The van der Waals surface area contributed by atoms with E-state index in [0.717, 1.165) is 25.9 Å². The standard InChI is InChI=1S/C23H30FN3O2/c1-16(2)17(3)27-12-4-5-18(15-27)14-26-23(28)22-13-21(10-11-25-22)29-20-8-6-19(24)7-9-20/h6-11,13,16-18H,4-5,12,14-15H2,1-3H3,(H,26,28)/t17-,18+/m0/s1. The van der Waals surface area contributed by atoms with Gasteiger partial charge in [0.25, 0.3) is 5.91 Å². The van der Waals surface area contributed by atoms with Crippen molar-refractivity contribution < 1.29 is 13.9 Å². The molecule has 5 nitrogen and oxygen atoms in total. The van der Waals surface area contributed by atoms with Gasteiger partial charge >= 0.3 is 0 Å². The van der Waals surface area contributed by atoms with Gasteiger partial charge in [-0.25, -0.2) is 4.39 Å². The topological polar surface area (TPSA) is 54.5 Å². The second-order valence-electron chi connectivity index (χ2n) is 8.13. The molecule has 1 saturated heterocycles. The number of ether oxygens (including phenoxy) is 1. The van der Waals surface area contributed by atoms with Crippen LogP contribution in [-0.2, 0) is 0 Å². The lowest BCUT2D eigenvalue weighted by Gasteiger charge is -2.38. The molecule has 0 spiro atoms. The Kier molecular flexibility index (Phi) is 7.20. The van der Waals surface area contributed by atoms with Crippen molar-refractivity contribution in [1.82, 2.24) is 15.2 Å². The van der Waals surface area contributed by atoms with E-state index in [4.69, 9.17) is 4.74 Å². The second kappa shape index (κ2) is 9.83. The van der Waals surface area contributed by atoms with E-state index in [9.17, 15) is 9.18 Å². The Morgan fingerprint density at radius 1 is 1.24 bits per heavy atom. The molecule has 2 atom stereocenters. The Morgan fingerprint density at radius 2 is 2.00 bits per heavy atom. The van der Waals surface area contributed by atoms with Crippen LogP contribution in [0.3, 0.4) is 0 Å². The van der Waals surface area contributed by atoms with Crippen molar-refractivity contribution >= 4 is 5.91 Å². The first-order chi connectivity index (χ1) is 13.9. The largest absolute Gasteiger partial charge is 0.457 e. The quantitative estimate of drug-likeness (QED) is 0.745. The van der Waals surface area contributed by atoms with Crippen LogP contribution in [0.2, 0.25) is 0 Å². The van der Waals surface area contributed by atoms with E-state index >= 15 is 0 Å². The maximum Gasteiger partial charge on any atom is 0.270 e. The number of nitrogens with one attached hydrogen (secondary N) is 1. The summed E-state index contributed by atoms with van der Waals surface area (Å²) in [6.45, 7) is 9.58. The predicted octanol–water partition coefficient (Wildman–Crippen LogP) is 4.50. The number of hydrogen-bond donors (Lipinski definition) is 1. The van der Waals surface area contributed by atoms with Gasteiger partial charge in [-0.2, -0.15) is 0 Å². The van der Waals surface area contributed by atoms with Crippen molar-refractivity contribution in [3.05, 3.63) is 54.1 Å². The monoisotopic (exact) mass is 399 g/mol. The maximum absolute atomic E-state index is 13.0. The first-order valence-electron chi connectivity index (χ1n) is 10.3. The lowest BCUT2D eigenvalue weighted by Crippen LogP contribution is -2.46. The van der Waals surface area contributed by atoms with Gasteiger partial charge in [0.1, 0.15) is 23.0 Å². The van der Waals surface area contributed by atoms with Crippen LogP contribution in [0.4, 0.5) is 4.39 Å². The third-order valence-electron chi connectivity index (χ3n) is 5.66. The molecular formula is C23H30FN3O2. The molecule has 1 aromatic heterocycles. The average Bonchev–Trinajstić information content (AvgIpc) is 2.73. The normalized spacial score (nSPS) is 18.4. The minimum Gasteiger partial charge on any atom is -0.457 e. The molecule has 0 aliphatic carbocycles. The van der Waals surface area contributed by atoms with Gasteiger partial charge in [0, 0.05) is 31.4 Å². The molecule has 1 amide bonds. The van der Waals surface area contributed by atoms with Gasteiger partial charge in [-0.3, -0.25) is 9.78 Å². The van der Waals surface area contributed by atoms with E-state index in [1.165, 1.54) is 12.1 Å². The third kappa shape index (κ3) is 6.00. The molecule has 1 aromatic carbocycles. The number of hydrogen-bond acceptors (Lipinski definition) is 4. The first-order valence-corrected chi connectivity index (χ1v) is 10.3. The van der Waals surface area contributed by atoms with E-state index in [1.807, 2.05) is 0 Å². The van der Waals surface area contributed by atoms with Gasteiger partial charge in [0.05, 0.1) is 0 Å². The fraction of sp³-hybridized carbons (Fsp3) is 0.478. The number of amides is 1. The highest BCUT2D eigenvalue weighted by Gasteiger charge is 2.25. The van der Waals surface area contributed by atoms with Crippen LogP contribution in [0.5, 0.6) is 11.5 Å². The van der Waals surface area contributed by atoms with Gasteiger partial charge < -0.3 is 15.0 Å².